The van der Waals surface area contributed by atoms with E-state index in [1.807, 2.05) is 0 Å². The Hall–Kier alpha value is -3.31. The van der Waals surface area contributed by atoms with Crippen LogP contribution in [0.15, 0.2) is 41.1 Å². The molecule has 29 heavy (non-hydrogen) atoms. The summed E-state index contributed by atoms with van der Waals surface area (Å²) in [5, 5.41) is 3.65. The number of ether oxygens (including phenoxy) is 1. The number of aromatic nitrogens is 3. The molecule has 0 bridgehead atoms. The van der Waals surface area contributed by atoms with Crippen molar-refractivity contribution in [2.45, 2.75) is 25.4 Å². The number of rotatable bonds is 4. The van der Waals surface area contributed by atoms with Crippen LogP contribution in [0, 0.1) is 0 Å². The van der Waals surface area contributed by atoms with Gasteiger partial charge < -0.3 is 15.0 Å². The molecular weight excluding hydrogens is 406 g/mol. The van der Waals surface area contributed by atoms with Crippen molar-refractivity contribution >= 4 is 5.82 Å². The molecule has 0 aliphatic carbocycles. The Bertz CT molecular complexity index is 1020. The van der Waals surface area contributed by atoms with Gasteiger partial charge in [-0.2, -0.15) is 31.3 Å². The summed E-state index contributed by atoms with van der Waals surface area (Å²) >= 11 is 0. The Morgan fingerprint density at radius 3 is 2.45 bits per heavy atom. The molecule has 12 heteroatoms. The Balaban J connectivity index is 1.99. The van der Waals surface area contributed by atoms with E-state index in [1.54, 1.807) is 6.07 Å². The van der Waals surface area contributed by atoms with Crippen molar-refractivity contribution in [3.8, 4) is 28.6 Å². The Morgan fingerprint density at radius 2 is 1.83 bits per heavy atom. The molecular formula is C17H12F6N4O2. The highest BCUT2D eigenvalue weighted by atomic mass is 19.4. The van der Waals surface area contributed by atoms with E-state index in [4.69, 9.17) is 10.3 Å². The van der Waals surface area contributed by atoms with Crippen LogP contribution in [0.5, 0.6) is 5.75 Å². The van der Waals surface area contributed by atoms with Crippen molar-refractivity contribution < 1.29 is 35.6 Å². The summed E-state index contributed by atoms with van der Waals surface area (Å²) < 4.78 is 87.5. The fraction of sp³-hybridized carbons (Fsp3) is 0.235. The SMILES string of the molecule is C[C@@H](Oc1ccc(-c2nc(-c3cccnc3N)no2)cc1C(F)(F)F)C(F)(F)F. The number of alkyl halides is 6. The van der Waals surface area contributed by atoms with Gasteiger partial charge in [-0.15, -0.1) is 0 Å². The van der Waals surface area contributed by atoms with Crippen molar-refractivity contribution in [3.05, 3.63) is 42.1 Å². The van der Waals surface area contributed by atoms with E-state index < -0.39 is 29.8 Å². The zero-order valence-corrected chi connectivity index (χ0v) is 14.5. The van der Waals surface area contributed by atoms with E-state index >= 15 is 0 Å². The van der Waals surface area contributed by atoms with Gasteiger partial charge in [0.25, 0.3) is 5.89 Å². The molecule has 154 valence electrons. The normalized spacial score (nSPS) is 13.3. The fourth-order valence-corrected chi connectivity index (χ4v) is 2.30. The van der Waals surface area contributed by atoms with Crippen LogP contribution in [0.2, 0.25) is 0 Å². The Morgan fingerprint density at radius 1 is 1.10 bits per heavy atom. The molecule has 0 saturated heterocycles. The van der Waals surface area contributed by atoms with Crippen molar-refractivity contribution in [1.29, 1.82) is 0 Å². The average molecular weight is 418 g/mol. The maximum Gasteiger partial charge on any atom is 0.425 e. The molecule has 2 heterocycles. The third-order valence-corrected chi connectivity index (χ3v) is 3.80. The van der Waals surface area contributed by atoms with Crippen molar-refractivity contribution in [1.82, 2.24) is 15.1 Å². The molecule has 6 nitrogen and oxygen atoms in total. The molecule has 3 rings (SSSR count). The smallest absolute Gasteiger partial charge is 0.425 e. The van der Waals surface area contributed by atoms with Gasteiger partial charge in [-0.05, 0) is 37.3 Å². The first-order valence-electron chi connectivity index (χ1n) is 7.96. The largest absolute Gasteiger partial charge is 0.481 e. The van der Waals surface area contributed by atoms with Crippen LogP contribution < -0.4 is 10.5 Å². The van der Waals surface area contributed by atoms with Gasteiger partial charge in [0, 0.05) is 11.8 Å². The molecule has 0 amide bonds. The number of hydrogen-bond acceptors (Lipinski definition) is 6. The first-order valence-corrected chi connectivity index (χ1v) is 7.96. The zero-order valence-electron chi connectivity index (χ0n) is 14.5. The highest BCUT2D eigenvalue weighted by Gasteiger charge is 2.41. The molecule has 2 N–H and O–H groups in total. The van der Waals surface area contributed by atoms with Crippen LogP contribution in [0.1, 0.15) is 12.5 Å². The number of nitrogens with two attached hydrogens (primary N) is 1. The Labute approximate surface area is 159 Å². The second kappa shape index (κ2) is 7.26. The van der Waals surface area contributed by atoms with E-state index in [1.165, 1.54) is 12.3 Å². The summed E-state index contributed by atoms with van der Waals surface area (Å²) in [7, 11) is 0. The third-order valence-electron chi connectivity index (χ3n) is 3.80. The zero-order chi connectivity index (χ0) is 21.4. The first kappa shape index (κ1) is 20.4. The predicted molar refractivity (Wildman–Crippen MR) is 88.5 cm³/mol. The highest BCUT2D eigenvalue weighted by Crippen LogP contribution is 2.40. The number of pyridine rings is 1. The highest BCUT2D eigenvalue weighted by molar-refractivity contribution is 5.69. The molecule has 3 aromatic rings. The van der Waals surface area contributed by atoms with Crippen LogP contribution in [-0.4, -0.2) is 27.4 Å². The molecule has 1 atom stereocenters. The second-order valence-corrected chi connectivity index (χ2v) is 5.87. The maximum absolute atomic E-state index is 13.4. The van der Waals surface area contributed by atoms with E-state index in [0.29, 0.717) is 18.6 Å². The van der Waals surface area contributed by atoms with Gasteiger partial charge in [-0.3, -0.25) is 0 Å². The first-order chi connectivity index (χ1) is 13.5. The number of anilines is 1. The van der Waals surface area contributed by atoms with Gasteiger partial charge >= 0.3 is 12.4 Å². The predicted octanol–water partition coefficient (Wildman–Crippen LogP) is 4.73. The maximum atomic E-state index is 13.4. The summed E-state index contributed by atoms with van der Waals surface area (Å²) in [5.41, 5.74) is 4.42. The molecule has 1 aromatic carbocycles. The summed E-state index contributed by atoms with van der Waals surface area (Å²) in [6.45, 7) is 0.608. The minimum Gasteiger partial charge on any atom is -0.481 e. The van der Waals surface area contributed by atoms with E-state index in [0.717, 1.165) is 12.1 Å². The summed E-state index contributed by atoms with van der Waals surface area (Å²) in [4.78, 5) is 7.82. The van der Waals surface area contributed by atoms with E-state index in [-0.39, 0.29) is 23.1 Å². The summed E-state index contributed by atoms with van der Waals surface area (Å²) in [6, 6.07) is 5.51. The van der Waals surface area contributed by atoms with Crippen LogP contribution in [0.4, 0.5) is 32.2 Å². The van der Waals surface area contributed by atoms with E-state index in [9.17, 15) is 26.3 Å². The fourth-order valence-electron chi connectivity index (χ4n) is 2.30. The lowest BCUT2D eigenvalue weighted by atomic mass is 10.1. The third kappa shape index (κ3) is 4.41. The number of hydrogen-bond donors (Lipinski definition) is 1. The quantitative estimate of drug-likeness (QED) is 0.617. The molecule has 0 unspecified atom stereocenters. The van der Waals surface area contributed by atoms with Crippen LogP contribution >= 0.6 is 0 Å². The number of halogens is 6. The van der Waals surface area contributed by atoms with Crippen molar-refractivity contribution in [3.63, 3.8) is 0 Å². The van der Waals surface area contributed by atoms with Crippen molar-refractivity contribution in [2.24, 2.45) is 0 Å². The number of benzene rings is 1. The monoisotopic (exact) mass is 418 g/mol. The average Bonchev–Trinajstić information content (AvgIpc) is 3.10. The van der Waals surface area contributed by atoms with Crippen LogP contribution in [0.3, 0.4) is 0 Å². The molecule has 0 radical (unpaired) electrons. The molecule has 0 fully saturated rings. The Kier molecular flexibility index (Phi) is 5.11. The molecule has 0 aliphatic heterocycles. The lowest BCUT2D eigenvalue weighted by Crippen LogP contribution is -2.31. The molecule has 0 aliphatic rings. The van der Waals surface area contributed by atoms with Crippen LogP contribution in [0.25, 0.3) is 22.8 Å². The van der Waals surface area contributed by atoms with Gasteiger partial charge in [0.15, 0.2) is 6.10 Å². The molecule has 2 aromatic heterocycles. The van der Waals surface area contributed by atoms with Crippen molar-refractivity contribution in [2.75, 3.05) is 5.73 Å². The summed E-state index contributed by atoms with van der Waals surface area (Å²) in [5.74, 6) is -1.18. The van der Waals surface area contributed by atoms with E-state index in [2.05, 4.69) is 19.9 Å². The number of nitrogens with zero attached hydrogens (tertiary/aromatic N) is 3. The minimum atomic E-state index is -4.98. The lowest BCUT2D eigenvalue weighted by molar-refractivity contribution is -0.191. The van der Waals surface area contributed by atoms with Gasteiger partial charge in [-0.1, -0.05) is 5.16 Å². The molecule has 0 spiro atoms. The van der Waals surface area contributed by atoms with Gasteiger partial charge in [-0.25, -0.2) is 4.98 Å². The van der Waals surface area contributed by atoms with Gasteiger partial charge in [0.2, 0.25) is 5.82 Å². The van der Waals surface area contributed by atoms with Gasteiger partial charge in [0.05, 0.1) is 11.1 Å². The van der Waals surface area contributed by atoms with Gasteiger partial charge in [0.1, 0.15) is 11.6 Å². The topological polar surface area (TPSA) is 87.1 Å². The minimum absolute atomic E-state index is 0.00909. The lowest BCUT2D eigenvalue weighted by Gasteiger charge is -2.20. The second-order valence-electron chi connectivity index (χ2n) is 5.87. The molecule has 0 saturated carbocycles. The standard InChI is InChI=1S/C17H12F6N4O2/c1-8(16(18,19)20)28-12-5-4-9(7-11(12)17(21,22)23)15-26-14(27-29-15)10-3-2-6-25-13(10)24/h2-8H,1H3,(H2,24,25)/t8-/m1/s1. The van der Waals surface area contributed by atoms with Crippen LogP contribution in [-0.2, 0) is 6.18 Å². The summed E-state index contributed by atoms with van der Waals surface area (Å²) in [6.07, 6.45) is -10.8. The number of nitrogen functional groups attached to an aromatic ring is 1.